The molecule has 0 unspecified atom stereocenters. The molecule has 0 saturated carbocycles. The number of epoxide rings is 1. The Kier molecular flexibility index (Phi) is 3.25. The SMILES string of the molecule is Cc1ccc(S(=O)(=O)[C@@H]2O[C@@H]2c2ccc3ccccc3c2)cc1. The summed E-state index contributed by atoms with van der Waals surface area (Å²) in [6, 6.07) is 20.9. The number of fused-ring (bicyclic) bond motifs is 1. The van der Waals surface area contributed by atoms with Crippen molar-refractivity contribution in [3.63, 3.8) is 0 Å². The Morgan fingerprint density at radius 1 is 0.870 bits per heavy atom. The Bertz CT molecular complexity index is 975. The topological polar surface area (TPSA) is 46.7 Å². The van der Waals surface area contributed by atoms with Gasteiger partial charge in [-0.3, -0.25) is 0 Å². The van der Waals surface area contributed by atoms with E-state index in [4.69, 9.17) is 4.74 Å². The molecule has 0 radical (unpaired) electrons. The molecule has 1 aliphatic heterocycles. The second-order valence-electron chi connectivity index (χ2n) is 5.89. The number of benzene rings is 3. The summed E-state index contributed by atoms with van der Waals surface area (Å²) in [6.07, 6.45) is -0.383. The highest BCUT2D eigenvalue weighted by Crippen LogP contribution is 2.45. The van der Waals surface area contributed by atoms with Crippen LogP contribution in [0.2, 0.25) is 0 Å². The van der Waals surface area contributed by atoms with E-state index in [0.717, 1.165) is 21.9 Å². The summed E-state index contributed by atoms with van der Waals surface area (Å²) in [5.74, 6) is 0. The Morgan fingerprint density at radius 3 is 2.30 bits per heavy atom. The largest absolute Gasteiger partial charge is 0.347 e. The highest BCUT2D eigenvalue weighted by atomic mass is 32.2. The maximum atomic E-state index is 12.6. The molecule has 116 valence electrons. The summed E-state index contributed by atoms with van der Waals surface area (Å²) >= 11 is 0. The average molecular weight is 324 g/mol. The second kappa shape index (κ2) is 5.18. The van der Waals surface area contributed by atoms with Gasteiger partial charge in [0.25, 0.3) is 0 Å². The van der Waals surface area contributed by atoms with Crippen LogP contribution >= 0.6 is 0 Å². The molecule has 3 aromatic rings. The fourth-order valence-corrected chi connectivity index (χ4v) is 4.35. The van der Waals surface area contributed by atoms with Gasteiger partial charge in [0.15, 0.2) is 5.44 Å². The van der Waals surface area contributed by atoms with Gasteiger partial charge in [-0.05, 0) is 41.5 Å². The van der Waals surface area contributed by atoms with Gasteiger partial charge in [-0.25, -0.2) is 8.42 Å². The van der Waals surface area contributed by atoms with E-state index in [-0.39, 0.29) is 6.10 Å². The maximum absolute atomic E-state index is 12.6. The number of sulfone groups is 1. The molecule has 3 aromatic carbocycles. The lowest BCUT2D eigenvalue weighted by molar-refractivity contribution is 0.399. The minimum Gasteiger partial charge on any atom is -0.347 e. The minimum absolute atomic E-state index is 0.316. The third-order valence-electron chi connectivity index (χ3n) is 4.21. The molecular weight excluding hydrogens is 308 g/mol. The highest BCUT2D eigenvalue weighted by molar-refractivity contribution is 7.92. The molecule has 0 aliphatic carbocycles. The number of aryl methyl sites for hydroxylation is 1. The van der Waals surface area contributed by atoms with Crippen molar-refractivity contribution in [2.45, 2.75) is 23.4 Å². The van der Waals surface area contributed by atoms with E-state index in [1.165, 1.54) is 0 Å². The summed E-state index contributed by atoms with van der Waals surface area (Å²) in [4.78, 5) is 0.316. The number of hydrogen-bond acceptors (Lipinski definition) is 3. The predicted molar refractivity (Wildman–Crippen MR) is 89.9 cm³/mol. The molecule has 1 fully saturated rings. The second-order valence-corrected chi connectivity index (χ2v) is 7.92. The van der Waals surface area contributed by atoms with Crippen molar-refractivity contribution in [1.29, 1.82) is 0 Å². The predicted octanol–water partition coefficient (Wildman–Crippen LogP) is 4.02. The van der Waals surface area contributed by atoms with Gasteiger partial charge in [-0.15, -0.1) is 0 Å². The fraction of sp³-hybridized carbons (Fsp3) is 0.158. The molecule has 3 nitrogen and oxygen atoms in total. The smallest absolute Gasteiger partial charge is 0.208 e. The van der Waals surface area contributed by atoms with Crippen LogP contribution in [0.4, 0.5) is 0 Å². The van der Waals surface area contributed by atoms with Crippen molar-refractivity contribution >= 4 is 20.6 Å². The maximum Gasteiger partial charge on any atom is 0.208 e. The molecule has 23 heavy (non-hydrogen) atoms. The molecule has 0 aromatic heterocycles. The molecule has 0 bridgehead atoms. The molecule has 2 atom stereocenters. The van der Waals surface area contributed by atoms with Crippen molar-refractivity contribution in [2.75, 3.05) is 0 Å². The summed E-state index contributed by atoms with van der Waals surface area (Å²) in [5.41, 5.74) is 1.16. The first-order valence-corrected chi connectivity index (χ1v) is 9.05. The zero-order chi connectivity index (χ0) is 16.0. The van der Waals surface area contributed by atoms with Crippen LogP contribution in [-0.4, -0.2) is 13.9 Å². The van der Waals surface area contributed by atoms with Crippen molar-refractivity contribution in [3.05, 3.63) is 77.9 Å². The molecule has 0 amide bonds. The van der Waals surface area contributed by atoms with Gasteiger partial charge in [-0.2, -0.15) is 0 Å². The summed E-state index contributed by atoms with van der Waals surface area (Å²) in [7, 11) is -3.46. The van der Waals surface area contributed by atoms with Gasteiger partial charge >= 0.3 is 0 Å². The van der Waals surface area contributed by atoms with Crippen LogP contribution in [0.1, 0.15) is 17.2 Å². The Balaban J connectivity index is 1.64. The number of rotatable bonds is 3. The quantitative estimate of drug-likeness (QED) is 0.684. The number of hydrogen-bond donors (Lipinski definition) is 0. The van der Waals surface area contributed by atoms with Gasteiger partial charge in [-0.1, -0.05) is 54.1 Å². The van der Waals surface area contributed by atoms with Crippen molar-refractivity contribution in [3.8, 4) is 0 Å². The van der Waals surface area contributed by atoms with Crippen molar-refractivity contribution < 1.29 is 13.2 Å². The fourth-order valence-electron chi connectivity index (χ4n) is 2.82. The molecular formula is C19H16O3S. The van der Waals surface area contributed by atoms with Crippen LogP contribution in [0.3, 0.4) is 0 Å². The van der Waals surface area contributed by atoms with Gasteiger partial charge in [0.2, 0.25) is 9.84 Å². The summed E-state index contributed by atoms with van der Waals surface area (Å²) in [5, 5.41) is 2.22. The van der Waals surface area contributed by atoms with Crippen LogP contribution < -0.4 is 0 Å². The third-order valence-corrected chi connectivity index (χ3v) is 6.11. The molecule has 1 saturated heterocycles. The van der Waals surface area contributed by atoms with Crippen LogP contribution in [0.5, 0.6) is 0 Å². The van der Waals surface area contributed by atoms with Crippen molar-refractivity contribution in [2.24, 2.45) is 0 Å². The molecule has 0 N–H and O–H groups in total. The van der Waals surface area contributed by atoms with Gasteiger partial charge < -0.3 is 4.74 Å². The lowest BCUT2D eigenvalue weighted by atomic mass is 10.1. The lowest BCUT2D eigenvalue weighted by Crippen LogP contribution is -2.09. The normalized spacial score (nSPS) is 20.6. The van der Waals surface area contributed by atoms with Gasteiger partial charge in [0, 0.05) is 0 Å². The molecule has 4 rings (SSSR count). The zero-order valence-electron chi connectivity index (χ0n) is 12.6. The lowest BCUT2D eigenvalue weighted by Gasteiger charge is -2.03. The first-order valence-electron chi connectivity index (χ1n) is 7.50. The minimum atomic E-state index is -3.46. The van der Waals surface area contributed by atoms with E-state index in [2.05, 4.69) is 0 Å². The molecule has 1 aliphatic rings. The van der Waals surface area contributed by atoms with E-state index in [1.807, 2.05) is 49.4 Å². The summed E-state index contributed by atoms with van der Waals surface area (Å²) < 4.78 is 30.8. The summed E-state index contributed by atoms with van der Waals surface area (Å²) in [6.45, 7) is 1.93. The van der Waals surface area contributed by atoms with E-state index < -0.39 is 15.3 Å². The van der Waals surface area contributed by atoms with Crippen LogP contribution in [0.15, 0.2) is 71.6 Å². The van der Waals surface area contributed by atoms with Gasteiger partial charge in [0.05, 0.1) is 4.90 Å². The van der Waals surface area contributed by atoms with Crippen LogP contribution in [-0.2, 0) is 14.6 Å². The first-order chi connectivity index (χ1) is 11.1. The average Bonchev–Trinajstić information content (AvgIpc) is 3.36. The van der Waals surface area contributed by atoms with Gasteiger partial charge in [0.1, 0.15) is 6.10 Å². The monoisotopic (exact) mass is 324 g/mol. The number of ether oxygens (including phenoxy) is 1. The Labute approximate surface area is 135 Å². The highest BCUT2D eigenvalue weighted by Gasteiger charge is 2.50. The standard InChI is InChI=1S/C19H16O3S/c1-13-6-10-17(11-7-13)23(20,21)19-18(22-19)16-9-8-14-4-2-3-5-15(14)12-16/h2-12,18-19H,1H3/t18-,19+/m1/s1. The first kappa shape index (κ1) is 14.4. The van der Waals surface area contributed by atoms with Crippen LogP contribution in [0.25, 0.3) is 10.8 Å². The Morgan fingerprint density at radius 2 is 1.57 bits per heavy atom. The molecule has 0 spiro atoms. The van der Waals surface area contributed by atoms with Crippen LogP contribution in [0, 0.1) is 6.92 Å². The van der Waals surface area contributed by atoms with Crippen molar-refractivity contribution in [1.82, 2.24) is 0 Å². The zero-order valence-corrected chi connectivity index (χ0v) is 13.5. The molecule has 4 heteroatoms. The van der Waals surface area contributed by atoms with E-state index in [9.17, 15) is 8.42 Å². The van der Waals surface area contributed by atoms with E-state index >= 15 is 0 Å². The van der Waals surface area contributed by atoms with E-state index in [0.29, 0.717) is 4.90 Å². The Hall–Kier alpha value is -2.17. The van der Waals surface area contributed by atoms with E-state index in [1.54, 1.807) is 24.3 Å². The molecule has 1 heterocycles. The third kappa shape index (κ3) is 2.54.